The van der Waals surface area contributed by atoms with E-state index in [0.717, 1.165) is 16.5 Å². The van der Waals surface area contributed by atoms with Crippen molar-refractivity contribution in [1.82, 2.24) is 20.2 Å². The van der Waals surface area contributed by atoms with Crippen LogP contribution in [0.1, 0.15) is 10.4 Å². The van der Waals surface area contributed by atoms with Crippen LogP contribution in [-0.4, -0.2) is 31.2 Å². The topological polar surface area (TPSA) is 112 Å². The van der Waals surface area contributed by atoms with Gasteiger partial charge in [-0.3, -0.25) is 9.78 Å². The van der Waals surface area contributed by atoms with E-state index in [-0.39, 0.29) is 11.1 Å². The van der Waals surface area contributed by atoms with Gasteiger partial charge >= 0.3 is 5.97 Å². The molecule has 0 bridgehead atoms. The highest BCUT2D eigenvalue weighted by Crippen LogP contribution is 2.25. The van der Waals surface area contributed by atoms with Crippen LogP contribution in [0.5, 0.6) is 0 Å². The number of hydrogen-bond acceptors (Lipinski definition) is 4. The van der Waals surface area contributed by atoms with Crippen LogP contribution in [0, 0.1) is 0 Å². The van der Waals surface area contributed by atoms with Crippen molar-refractivity contribution in [3.8, 4) is 22.5 Å². The molecule has 0 aliphatic carbocycles. The summed E-state index contributed by atoms with van der Waals surface area (Å²) in [4.78, 5) is 30.4. The minimum atomic E-state index is -0.994. The third kappa shape index (κ3) is 2.67. The maximum Gasteiger partial charge on any atom is 0.335 e. The number of aromatic carboxylic acids is 1. The monoisotopic (exact) mass is 332 g/mol. The van der Waals surface area contributed by atoms with Crippen LogP contribution in [0.4, 0.5) is 0 Å². The molecule has 0 spiro atoms. The van der Waals surface area contributed by atoms with E-state index in [1.54, 1.807) is 48.8 Å². The molecular weight excluding hydrogens is 320 g/mol. The van der Waals surface area contributed by atoms with Gasteiger partial charge in [-0.2, -0.15) is 5.10 Å². The summed E-state index contributed by atoms with van der Waals surface area (Å²) in [5, 5.41) is 16.4. The molecular formula is C18H12N4O3. The fourth-order valence-electron chi connectivity index (χ4n) is 2.69. The molecule has 7 heteroatoms. The Bertz CT molecular complexity index is 1150. The van der Waals surface area contributed by atoms with Gasteiger partial charge in [0.25, 0.3) is 5.56 Å². The van der Waals surface area contributed by atoms with E-state index < -0.39 is 5.97 Å². The highest BCUT2D eigenvalue weighted by Gasteiger charge is 2.12. The number of benzene rings is 1. The normalized spacial score (nSPS) is 10.9. The molecule has 0 aliphatic rings. The van der Waals surface area contributed by atoms with Gasteiger partial charge in [-0.15, -0.1) is 0 Å². The molecule has 3 heterocycles. The van der Waals surface area contributed by atoms with Crippen LogP contribution in [0.3, 0.4) is 0 Å². The molecule has 0 saturated carbocycles. The first-order valence-corrected chi connectivity index (χ1v) is 7.48. The predicted molar refractivity (Wildman–Crippen MR) is 92.3 cm³/mol. The van der Waals surface area contributed by atoms with Crippen molar-refractivity contribution >= 4 is 16.9 Å². The zero-order chi connectivity index (χ0) is 17.4. The molecule has 0 saturated heterocycles. The zero-order valence-electron chi connectivity index (χ0n) is 12.9. The number of nitrogens with zero attached hydrogens (tertiary/aromatic N) is 2. The lowest BCUT2D eigenvalue weighted by atomic mass is 10.1. The van der Waals surface area contributed by atoms with Crippen LogP contribution in [0.2, 0.25) is 0 Å². The number of aromatic nitrogens is 4. The van der Waals surface area contributed by atoms with Gasteiger partial charge in [0.15, 0.2) is 0 Å². The van der Waals surface area contributed by atoms with E-state index >= 15 is 0 Å². The van der Waals surface area contributed by atoms with Crippen molar-refractivity contribution in [3.05, 3.63) is 70.8 Å². The lowest BCUT2D eigenvalue weighted by molar-refractivity contribution is 0.0697. The number of nitrogens with one attached hydrogen (secondary N) is 2. The summed E-state index contributed by atoms with van der Waals surface area (Å²) in [6, 6.07) is 11.8. The Labute approximate surface area is 141 Å². The zero-order valence-corrected chi connectivity index (χ0v) is 12.9. The maximum absolute atomic E-state index is 12.2. The lowest BCUT2D eigenvalue weighted by Crippen LogP contribution is -2.11. The number of aromatic amines is 2. The van der Waals surface area contributed by atoms with Gasteiger partial charge in [-0.05, 0) is 42.5 Å². The summed E-state index contributed by atoms with van der Waals surface area (Å²) in [6.07, 6.45) is 3.30. The first kappa shape index (κ1) is 14.8. The van der Waals surface area contributed by atoms with Crippen molar-refractivity contribution < 1.29 is 9.90 Å². The second-order valence-electron chi connectivity index (χ2n) is 5.52. The van der Waals surface area contributed by atoms with Gasteiger partial charge in [0.05, 0.1) is 22.5 Å². The molecule has 3 N–H and O–H groups in total. The molecule has 25 heavy (non-hydrogen) atoms. The number of rotatable bonds is 3. The molecule has 122 valence electrons. The minimum Gasteiger partial charge on any atom is -0.478 e. The van der Waals surface area contributed by atoms with Crippen LogP contribution >= 0.6 is 0 Å². The summed E-state index contributed by atoms with van der Waals surface area (Å²) in [7, 11) is 0. The fourth-order valence-corrected chi connectivity index (χ4v) is 2.69. The van der Waals surface area contributed by atoms with Gasteiger partial charge in [-0.25, -0.2) is 9.89 Å². The summed E-state index contributed by atoms with van der Waals surface area (Å²) >= 11 is 0. The third-order valence-corrected chi connectivity index (χ3v) is 3.94. The quantitative estimate of drug-likeness (QED) is 0.534. The molecule has 4 aromatic rings. The van der Waals surface area contributed by atoms with Crippen LogP contribution in [0.25, 0.3) is 33.4 Å². The standard InChI is InChI=1S/C18H12N4O3/c23-17-13(9-15(21-22-17)10-3-5-19-6-4-10)16-8-12-7-11(18(24)25)1-2-14(12)20-16/h1-9,20H,(H,22,23)(H,24,25). The summed E-state index contributed by atoms with van der Waals surface area (Å²) in [5.41, 5.74) is 3.08. The first-order valence-electron chi connectivity index (χ1n) is 7.48. The predicted octanol–water partition coefficient (Wildman–Crippen LogP) is 2.68. The maximum atomic E-state index is 12.2. The van der Waals surface area contributed by atoms with Gasteiger partial charge in [-0.1, -0.05) is 0 Å². The summed E-state index contributed by atoms with van der Waals surface area (Å²) in [6.45, 7) is 0. The van der Waals surface area contributed by atoms with E-state index in [1.807, 2.05) is 0 Å². The first-order chi connectivity index (χ1) is 12.1. The van der Waals surface area contributed by atoms with Crippen molar-refractivity contribution in [2.45, 2.75) is 0 Å². The van der Waals surface area contributed by atoms with Gasteiger partial charge in [0.1, 0.15) is 0 Å². The molecule has 7 nitrogen and oxygen atoms in total. The molecule has 1 aromatic carbocycles. The number of hydrogen-bond donors (Lipinski definition) is 3. The molecule has 0 radical (unpaired) electrons. The fraction of sp³-hybridized carbons (Fsp3) is 0. The smallest absolute Gasteiger partial charge is 0.335 e. The average Bonchev–Trinajstić information content (AvgIpc) is 3.05. The highest BCUT2D eigenvalue weighted by atomic mass is 16.4. The number of carboxylic acids is 1. The summed E-state index contributed by atoms with van der Waals surface area (Å²) < 4.78 is 0. The third-order valence-electron chi connectivity index (χ3n) is 3.94. The van der Waals surface area contributed by atoms with Gasteiger partial charge in [0, 0.05) is 28.9 Å². The number of carbonyl (C=O) groups is 1. The van der Waals surface area contributed by atoms with Crippen molar-refractivity contribution in [2.75, 3.05) is 0 Å². The Hall–Kier alpha value is -3.74. The van der Waals surface area contributed by atoms with Gasteiger partial charge in [0.2, 0.25) is 0 Å². The second-order valence-corrected chi connectivity index (χ2v) is 5.52. The highest BCUT2D eigenvalue weighted by molar-refractivity contribution is 5.95. The van der Waals surface area contributed by atoms with E-state index in [9.17, 15) is 9.59 Å². The van der Waals surface area contributed by atoms with Crippen molar-refractivity contribution in [1.29, 1.82) is 0 Å². The Kier molecular flexibility index (Phi) is 3.39. The van der Waals surface area contributed by atoms with Gasteiger partial charge < -0.3 is 10.1 Å². The largest absolute Gasteiger partial charge is 0.478 e. The van der Waals surface area contributed by atoms with Crippen molar-refractivity contribution in [2.24, 2.45) is 0 Å². The lowest BCUT2D eigenvalue weighted by Gasteiger charge is -2.02. The number of carboxylic acid groups (broad SMARTS) is 1. The second kappa shape index (κ2) is 5.72. The Morgan fingerprint density at radius 1 is 1.04 bits per heavy atom. The number of pyridine rings is 1. The van der Waals surface area contributed by atoms with Crippen LogP contribution in [0.15, 0.2) is 59.7 Å². The molecule has 4 rings (SSSR count). The van der Waals surface area contributed by atoms with Crippen molar-refractivity contribution in [3.63, 3.8) is 0 Å². The van der Waals surface area contributed by atoms with Crippen LogP contribution in [-0.2, 0) is 0 Å². The summed E-state index contributed by atoms with van der Waals surface area (Å²) in [5.74, 6) is -0.994. The van der Waals surface area contributed by atoms with E-state index in [0.29, 0.717) is 17.0 Å². The Morgan fingerprint density at radius 3 is 2.60 bits per heavy atom. The molecule has 0 atom stereocenters. The SMILES string of the molecule is O=C(O)c1ccc2[nH]c(-c3cc(-c4ccncc4)n[nH]c3=O)cc2c1. The average molecular weight is 332 g/mol. The molecule has 0 fully saturated rings. The molecule has 0 amide bonds. The molecule has 0 aliphatic heterocycles. The number of H-pyrrole nitrogens is 2. The molecule has 0 unspecified atom stereocenters. The van der Waals surface area contributed by atoms with E-state index in [1.165, 1.54) is 6.07 Å². The Balaban J connectivity index is 1.85. The van der Waals surface area contributed by atoms with E-state index in [2.05, 4.69) is 20.2 Å². The minimum absolute atomic E-state index is 0.194. The Morgan fingerprint density at radius 2 is 1.84 bits per heavy atom. The number of fused-ring (bicyclic) bond motifs is 1. The molecule has 3 aromatic heterocycles. The van der Waals surface area contributed by atoms with E-state index in [4.69, 9.17) is 5.11 Å². The van der Waals surface area contributed by atoms with Crippen LogP contribution < -0.4 is 5.56 Å².